The Hall–Kier alpha value is -1.71. The molecule has 0 unspecified atom stereocenters. The number of piperazine rings is 1. The fourth-order valence-corrected chi connectivity index (χ4v) is 6.65. The summed E-state index contributed by atoms with van der Waals surface area (Å²) < 4.78 is 41.2. The lowest BCUT2D eigenvalue weighted by Gasteiger charge is -2.35. The van der Waals surface area contributed by atoms with Gasteiger partial charge in [-0.2, -0.15) is 4.31 Å². The van der Waals surface area contributed by atoms with Crippen LogP contribution in [0.5, 0.6) is 0 Å². The Kier molecular flexibility index (Phi) is 7.60. The van der Waals surface area contributed by atoms with Crippen molar-refractivity contribution in [2.75, 3.05) is 39.3 Å². The first-order valence-electron chi connectivity index (χ1n) is 11.0. The molecule has 0 N–H and O–H groups in total. The maximum absolute atomic E-state index is 13.4. The van der Waals surface area contributed by atoms with Crippen LogP contribution in [0.4, 0.5) is 4.39 Å². The standard InChI is InChI=1S/C23H26Cl2FN3O3S/c24-20-15-21(25)22(33(31,32)29-7-2-1-3-8-29)14-19(20)23(30)28-11-9-27(10-12-28)16-17-5-4-6-18(26)13-17/h4-6,13-15H,1-3,7-12,16H2. The van der Waals surface area contributed by atoms with Crippen LogP contribution in [-0.2, 0) is 16.6 Å². The monoisotopic (exact) mass is 513 g/mol. The molecule has 2 aromatic rings. The zero-order valence-corrected chi connectivity index (χ0v) is 20.5. The number of halogens is 3. The van der Waals surface area contributed by atoms with E-state index in [0.717, 1.165) is 24.8 Å². The van der Waals surface area contributed by atoms with E-state index in [1.807, 2.05) is 6.07 Å². The highest BCUT2D eigenvalue weighted by molar-refractivity contribution is 7.89. The summed E-state index contributed by atoms with van der Waals surface area (Å²) in [4.78, 5) is 16.9. The zero-order valence-electron chi connectivity index (χ0n) is 18.1. The minimum Gasteiger partial charge on any atom is -0.336 e. The van der Waals surface area contributed by atoms with Crippen molar-refractivity contribution in [1.29, 1.82) is 0 Å². The van der Waals surface area contributed by atoms with Gasteiger partial charge in [-0.3, -0.25) is 9.69 Å². The fraction of sp³-hybridized carbons (Fsp3) is 0.435. The summed E-state index contributed by atoms with van der Waals surface area (Å²) in [5.41, 5.74) is 1.01. The summed E-state index contributed by atoms with van der Waals surface area (Å²) in [7, 11) is -3.81. The molecule has 0 bridgehead atoms. The number of piperidine rings is 1. The minimum atomic E-state index is -3.81. The molecule has 0 atom stereocenters. The van der Waals surface area contributed by atoms with Gasteiger partial charge in [-0.05, 0) is 42.7 Å². The van der Waals surface area contributed by atoms with Crippen LogP contribution in [0, 0.1) is 5.82 Å². The average Bonchev–Trinajstić information content (AvgIpc) is 2.80. The molecule has 2 fully saturated rings. The van der Waals surface area contributed by atoms with E-state index in [2.05, 4.69) is 4.90 Å². The molecule has 2 aliphatic rings. The third-order valence-corrected chi connectivity index (χ3v) is 8.82. The van der Waals surface area contributed by atoms with E-state index >= 15 is 0 Å². The van der Waals surface area contributed by atoms with Gasteiger partial charge >= 0.3 is 0 Å². The average molecular weight is 514 g/mol. The molecular weight excluding hydrogens is 488 g/mol. The second-order valence-corrected chi connectivity index (χ2v) is 11.1. The molecule has 2 aromatic carbocycles. The van der Waals surface area contributed by atoms with Gasteiger partial charge in [-0.15, -0.1) is 0 Å². The molecule has 1 amide bonds. The second kappa shape index (κ2) is 10.3. The van der Waals surface area contributed by atoms with Crippen molar-refractivity contribution in [1.82, 2.24) is 14.1 Å². The molecular formula is C23H26Cl2FN3O3S. The Balaban J connectivity index is 1.48. The number of carbonyl (C=O) groups is 1. The third kappa shape index (κ3) is 5.52. The van der Waals surface area contributed by atoms with Crippen LogP contribution in [0.2, 0.25) is 10.0 Å². The van der Waals surface area contributed by atoms with Gasteiger partial charge in [0.1, 0.15) is 10.7 Å². The summed E-state index contributed by atoms with van der Waals surface area (Å²) in [6.07, 6.45) is 2.60. The van der Waals surface area contributed by atoms with E-state index in [9.17, 15) is 17.6 Å². The first-order valence-corrected chi connectivity index (χ1v) is 13.2. The maximum atomic E-state index is 13.4. The van der Waals surface area contributed by atoms with Crippen LogP contribution < -0.4 is 0 Å². The summed E-state index contributed by atoms with van der Waals surface area (Å²) in [6.45, 7) is 3.64. The van der Waals surface area contributed by atoms with Crippen LogP contribution in [0.15, 0.2) is 41.3 Å². The van der Waals surface area contributed by atoms with Crippen molar-refractivity contribution in [2.24, 2.45) is 0 Å². The van der Waals surface area contributed by atoms with Crippen LogP contribution >= 0.6 is 23.2 Å². The summed E-state index contributed by atoms with van der Waals surface area (Å²) in [5, 5.41) is 0.145. The van der Waals surface area contributed by atoms with Crippen molar-refractivity contribution in [2.45, 2.75) is 30.7 Å². The molecule has 0 spiro atoms. The minimum absolute atomic E-state index is 0.0158. The molecule has 10 heteroatoms. The van der Waals surface area contributed by atoms with Crippen molar-refractivity contribution < 1.29 is 17.6 Å². The zero-order chi connectivity index (χ0) is 23.6. The number of carbonyl (C=O) groups excluding carboxylic acids is 1. The van der Waals surface area contributed by atoms with E-state index in [0.29, 0.717) is 45.8 Å². The number of nitrogens with zero attached hydrogens (tertiary/aromatic N) is 3. The molecule has 0 aromatic heterocycles. The molecule has 4 rings (SSSR count). The van der Waals surface area contributed by atoms with Crippen molar-refractivity contribution in [3.05, 3.63) is 63.4 Å². The molecule has 0 saturated carbocycles. The summed E-state index contributed by atoms with van der Waals surface area (Å²) in [5.74, 6) is -0.592. The first kappa shape index (κ1) is 24.4. The highest BCUT2D eigenvalue weighted by Crippen LogP contribution is 2.32. The lowest BCUT2D eigenvalue weighted by Crippen LogP contribution is -2.48. The summed E-state index contributed by atoms with van der Waals surface area (Å²) >= 11 is 12.6. The van der Waals surface area contributed by atoms with E-state index in [4.69, 9.17) is 23.2 Å². The van der Waals surface area contributed by atoms with Gasteiger partial charge in [0.05, 0.1) is 15.6 Å². The Morgan fingerprint density at radius 2 is 1.61 bits per heavy atom. The van der Waals surface area contributed by atoms with E-state index in [1.54, 1.807) is 11.0 Å². The lowest BCUT2D eigenvalue weighted by atomic mass is 10.1. The van der Waals surface area contributed by atoms with Gasteiger partial charge in [0.25, 0.3) is 5.91 Å². The number of amides is 1. The highest BCUT2D eigenvalue weighted by atomic mass is 35.5. The number of benzene rings is 2. The molecule has 178 valence electrons. The lowest BCUT2D eigenvalue weighted by molar-refractivity contribution is 0.0628. The normalized spacial score (nSPS) is 18.5. The number of sulfonamides is 1. The molecule has 2 aliphatic heterocycles. The number of hydrogen-bond acceptors (Lipinski definition) is 4. The third-order valence-electron chi connectivity index (χ3n) is 6.14. The Labute approximate surface area is 203 Å². The van der Waals surface area contributed by atoms with E-state index in [1.165, 1.54) is 28.6 Å². The SMILES string of the molecule is O=C(c1cc(S(=O)(=O)N2CCCCC2)c(Cl)cc1Cl)N1CCN(Cc2cccc(F)c2)CC1. The highest BCUT2D eigenvalue weighted by Gasteiger charge is 2.31. The Morgan fingerprint density at radius 1 is 0.909 bits per heavy atom. The van der Waals surface area contributed by atoms with Crippen molar-refractivity contribution in [3.63, 3.8) is 0 Å². The van der Waals surface area contributed by atoms with Gasteiger partial charge < -0.3 is 4.90 Å². The topological polar surface area (TPSA) is 60.9 Å². The predicted molar refractivity (Wildman–Crippen MR) is 127 cm³/mol. The maximum Gasteiger partial charge on any atom is 0.255 e. The molecule has 6 nitrogen and oxygen atoms in total. The van der Waals surface area contributed by atoms with Gasteiger partial charge in [0, 0.05) is 45.8 Å². The first-order chi connectivity index (χ1) is 15.8. The molecule has 0 radical (unpaired) electrons. The van der Waals surface area contributed by atoms with Crippen molar-refractivity contribution in [3.8, 4) is 0 Å². The van der Waals surface area contributed by atoms with Gasteiger partial charge in [-0.1, -0.05) is 41.8 Å². The van der Waals surface area contributed by atoms with Crippen LogP contribution in [0.25, 0.3) is 0 Å². The molecule has 2 heterocycles. The second-order valence-electron chi connectivity index (χ2n) is 8.43. The molecule has 0 aliphatic carbocycles. The molecule has 2 saturated heterocycles. The Bertz CT molecular complexity index is 1130. The van der Waals surface area contributed by atoms with Gasteiger partial charge in [0.15, 0.2) is 0 Å². The largest absolute Gasteiger partial charge is 0.336 e. The van der Waals surface area contributed by atoms with Crippen LogP contribution in [-0.4, -0.2) is 67.7 Å². The molecule has 33 heavy (non-hydrogen) atoms. The van der Waals surface area contributed by atoms with E-state index < -0.39 is 10.0 Å². The quantitative estimate of drug-likeness (QED) is 0.598. The summed E-state index contributed by atoms with van der Waals surface area (Å²) in [6, 6.07) is 9.13. The number of hydrogen-bond donors (Lipinski definition) is 0. The predicted octanol–water partition coefficient (Wildman–Crippen LogP) is 4.27. The fourth-order valence-electron chi connectivity index (χ4n) is 4.31. The number of rotatable bonds is 5. The van der Waals surface area contributed by atoms with Crippen LogP contribution in [0.1, 0.15) is 35.2 Å². The van der Waals surface area contributed by atoms with Crippen LogP contribution in [0.3, 0.4) is 0 Å². The Morgan fingerprint density at radius 3 is 2.27 bits per heavy atom. The van der Waals surface area contributed by atoms with Crippen molar-refractivity contribution >= 4 is 39.1 Å². The van der Waals surface area contributed by atoms with Gasteiger partial charge in [0.2, 0.25) is 10.0 Å². The smallest absolute Gasteiger partial charge is 0.255 e. The van der Waals surface area contributed by atoms with Gasteiger partial charge in [-0.25, -0.2) is 12.8 Å². The van der Waals surface area contributed by atoms with E-state index in [-0.39, 0.29) is 32.2 Å².